The number of hydrogen-bond donors (Lipinski definition) is 1. The second kappa shape index (κ2) is 7.08. The predicted octanol–water partition coefficient (Wildman–Crippen LogP) is 3.68. The zero-order valence-electron chi connectivity index (χ0n) is 13.1. The van der Waals surface area contributed by atoms with Gasteiger partial charge in [-0.15, -0.1) is 0 Å². The lowest BCUT2D eigenvalue weighted by molar-refractivity contribution is 0.00679. The van der Waals surface area contributed by atoms with E-state index in [9.17, 15) is 5.11 Å². The van der Waals surface area contributed by atoms with Crippen molar-refractivity contribution in [3.8, 4) is 0 Å². The Morgan fingerprint density at radius 2 is 1.89 bits per heavy atom. The van der Waals surface area contributed by atoms with E-state index in [1.165, 1.54) is 45.1 Å². The molecule has 2 aliphatic rings. The summed E-state index contributed by atoms with van der Waals surface area (Å²) < 4.78 is 0. The monoisotopic (exact) mass is 267 g/mol. The van der Waals surface area contributed by atoms with Crippen LogP contribution in [-0.4, -0.2) is 35.2 Å². The van der Waals surface area contributed by atoms with Crippen molar-refractivity contribution < 1.29 is 5.11 Å². The Hall–Kier alpha value is -0.0800. The van der Waals surface area contributed by atoms with Gasteiger partial charge < -0.3 is 10.0 Å². The molecule has 1 aliphatic carbocycles. The summed E-state index contributed by atoms with van der Waals surface area (Å²) in [6.45, 7) is 9.39. The van der Waals surface area contributed by atoms with E-state index in [4.69, 9.17) is 0 Å². The van der Waals surface area contributed by atoms with Crippen LogP contribution in [0.3, 0.4) is 0 Å². The zero-order valence-corrected chi connectivity index (χ0v) is 13.1. The van der Waals surface area contributed by atoms with Crippen molar-refractivity contribution in [2.75, 3.05) is 13.1 Å². The van der Waals surface area contributed by atoms with E-state index in [1.807, 2.05) is 0 Å². The second-order valence-electron chi connectivity index (χ2n) is 7.28. The molecule has 0 bridgehead atoms. The summed E-state index contributed by atoms with van der Waals surface area (Å²) in [5.41, 5.74) is 0. The minimum absolute atomic E-state index is 0.0439. The number of likely N-dealkylation sites (tertiary alicyclic amines) is 1. The molecule has 0 aromatic heterocycles. The molecule has 1 heterocycles. The maximum atomic E-state index is 10.3. The first kappa shape index (κ1) is 15.3. The molecule has 2 nitrogen and oxygen atoms in total. The molecule has 0 spiro atoms. The normalized spacial score (nSPS) is 41.4. The van der Waals surface area contributed by atoms with Gasteiger partial charge in [0.05, 0.1) is 6.10 Å². The maximum Gasteiger partial charge on any atom is 0.0580 e. The quantitative estimate of drug-likeness (QED) is 0.840. The van der Waals surface area contributed by atoms with Gasteiger partial charge in [-0.05, 0) is 56.8 Å². The van der Waals surface area contributed by atoms with Crippen molar-refractivity contribution >= 4 is 0 Å². The molecule has 1 aliphatic heterocycles. The van der Waals surface area contributed by atoms with E-state index in [1.54, 1.807) is 0 Å². The van der Waals surface area contributed by atoms with Crippen LogP contribution < -0.4 is 0 Å². The highest BCUT2D eigenvalue weighted by molar-refractivity contribution is 4.85. The van der Waals surface area contributed by atoms with Crippen LogP contribution in [0.4, 0.5) is 0 Å². The van der Waals surface area contributed by atoms with Crippen LogP contribution in [0.25, 0.3) is 0 Å². The third-order valence-corrected chi connectivity index (χ3v) is 5.46. The van der Waals surface area contributed by atoms with Crippen molar-refractivity contribution in [2.24, 2.45) is 17.8 Å². The third-order valence-electron chi connectivity index (χ3n) is 5.46. The topological polar surface area (TPSA) is 23.5 Å². The fourth-order valence-corrected chi connectivity index (χ4v) is 4.15. The van der Waals surface area contributed by atoms with E-state index in [-0.39, 0.29) is 6.10 Å². The Kier molecular flexibility index (Phi) is 5.70. The average molecular weight is 267 g/mol. The SMILES string of the molecule is CCCC1CCC(O)C(CN2CC(C)CCC2C)C1. The van der Waals surface area contributed by atoms with Gasteiger partial charge in [-0.3, -0.25) is 0 Å². The van der Waals surface area contributed by atoms with Gasteiger partial charge in [0, 0.05) is 19.1 Å². The van der Waals surface area contributed by atoms with Gasteiger partial charge in [0.25, 0.3) is 0 Å². The molecule has 1 N–H and O–H groups in total. The molecule has 5 unspecified atom stereocenters. The van der Waals surface area contributed by atoms with E-state index in [2.05, 4.69) is 25.7 Å². The molecule has 2 rings (SSSR count). The van der Waals surface area contributed by atoms with Crippen molar-refractivity contribution in [2.45, 2.75) is 77.9 Å². The first-order valence-corrected chi connectivity index (χ1v) is 8.52. The molecule has 1 saturated carbocycles. The van der Waals surface area contributed by atoms with E-state index < -0.39 is 0 Å². The molecule has 0 amide bonds. The largest absolute Gasteiger partial charge is 0.393 e. The molecule has 112 valence electrons. The van der Waals surface area contributed by atoms with Crippen LogP contribution >= 0.6 is 0 Å². The van der Waals surface area contributed by atoms with E-state index >= 15 is 0 Å². The number of hydrogen-bond acceptors (Lipinski definition) is 2. The van der Waals surface area contributed by atoms with Gasteiger partial charge in [0.15, 0.2) is 0 Å². The first-order valence-electron chi connectivity index (χ1n) is 8.52. The van der Waals surface area contributed by atoms with Gasteiger partial charge in [-0.1, -0.05) is 26.7 Å². The molecule has 2 heteroatoms. The number of nitrogens with zero attached hydrogens (tertiary/aromatic N) is 1. The number of rotatable bonds is 4. The predicted molar refractivity (Wildman–Crippen MR) is 81.2 cm³/mol. The minimum atomic E-state index is -0.0439. The highest BCUT2D eigenvalue weighted by atomic mass is 16.3. The van der Waals surface area contributed by atoms with Gasteiger partial charge >= 0.3 is 0 Å². The van der Waals surface area contributed by atoms with Gasteiger partial charge in [0.1, 0.15) is 0 Å². The second-order valence-corrected chi connectivity index (χ2v) is 7.28. The fourth-order valence-electron chi connectivity index (χ4n) is 4.15. The summed E-state index contributed by atoms with van der Waals surface area (Å²) in [5, 5.41) is 10.3. The molecule has 1 saturated heterocycles. The summed E-state index contributed by atoms with van der Waals surface area (Å²) in [5.74, 6) is 2.23. The zero-order chi connectivity index (χ0) is 13.8. The molecule has 0 radical (unpaired) electrons. The third kappa shape index (κ3) is 4.19. The van der Waals surface area contributed by atoms with E-state index in [0.29, 0.717) is 5.92 Å². The Balaban J connectivity index is 1.88. The van der Waals surface area contributed by atoms with Crippen molar-refractivity contribution in [3.63, 3.8) is 0 Å². The highest BCUT2D eigenvalue weighted by Gasteiger charge is 2.32. The van der Waals surface area contributed by atoms with Crippen LogP contribution in [0.5, 0.6) is 0 Å². The molecule has 19 heavy (non-hydrogen) atoms. The lowest BCUT2D eigenvalue weighted by Crippen LogP contribution is -2.46. The summed E-state index contributed by atoms with van der Waals surface area (Å²) in [6, 6.07) is 0.718. The van der Waals surface area contributed by atoms with Crippen LogP contribution in [0, 0.1) is 17.8 Å². The van der Waals surface area contributed by atoms with Crippen LogP contribution in [0.15, 0.2) is 0 Å². The average Bonchev–Trinajstić information content (AvgIpc) is 2.38. The summed E-state index contributed by atoms with van der Waals surface area (Å²) in [6.07, 6.45) is 8.86. The summed E-state index contributed by atoms with van der Waals surface area (Å²) >= 11 is 0. The Morgan fingerprint density at radius 1 is 1.11 bits per heavy atom. The highest BCUT2D eigenvalue weighted by Crippen LogP contribution is 2.34. The van der Waals surface area contributed by atoms with Gasteiger partial charge in [-0.2, -0.15) is 0 Å². The molecular weight excluding hydrogens is 234 g/mol. The van der Waals surface area contributed by atoms with Crippen LogP contribution in [-0.2, 0) is 0 Å². The van der Waals surface area contributed by atoms with Crippen molar-refractivity contribution in [1.82, 2.24) is 4.90 Å². The molecule has 0 aromatic rings. The number of aliphatic hydroxyl groups is 1. The molecule has 0 aromatic carbocycles. The Morgan fingerprint density at radius 3 is 2.63 bits per heavy atom. The molecule has 5 atom stereocenters. The standard InChI is InChI=1S/C17H33NO/c1-4-5-15-8-9-17(19)16(10-15)12-18-11-13(2)6-7-14(18)3/h13-17,19H,4-12H2,1-3H3. The number of piperidine rings is 1. The number of aliphatic hydroxyl groups excluding tert-OH is 1. The van der Waals surface area contributed by atoms with Crippen molar-refractivity contribution in [1.29, 1.82) is 0 Å². The van der Waals surface area contributed by atoms with Crippen molar-refractivity contribution in [3.05, 3.63) is 0 Å². The Labute approximate surface area is 119 Å². The fraction of sp³-hybridized carbons (Fsp3) is 1.00. The maximum absolute atomic E-state index is 10.3. The van der Waals surface area contributed by atoms with E-state index in [0.717, 1.165) is 30.8 Å². The molecular formula is C17H33NO. The molecule has 2 fully saturated rings. The summed E-state index contributed by atoms with van der Waals surface area (Å²) in [7, 11) is 0. The van der Waals surface area contributed by atoms with Crippen LogP contribution in [0.2, 0.25) is 0 Å². The smallest absolute Gasteiger partial charge is 0.0580 e. The lowest BCUT2D eigenvalue weighted by atomic mass is 9.77. The first-order chi connectivity index (χ1) is 9.10. The summed E-state index contributed by atoms with van der Waals surface area (Å²) in [4.78, 5) is 2.65. The lowest BCUT2D eigenvalue weighted by Gasteiger charge is -2.42. The van der Waals surface area contributed by atoms with Gasteiger partial charge in [0.2, 0.25) is 0 Å². The Bertz CT molecular complexity index is 268. The minimum Gasteiger partial charge on any atom is -0.393 e. The van der Waals surface area contributed by atoms with Gasteiger partial charge in [-0.25, -0.2) is 0 Å². The van der Waals surface area contributed by atoms with Crippen LogP contribution in [0.1, 0.15) is 65.7 Å².